The highest BCUT2D eigenvalue weighted by Crippen LogP contribution is 2.45. The third kappa shape index (κ3) is 1.39. The summed E-state index contributed by atoms with van der Waals surface area (Å²) >= 11 is 0. The fourth-order valence-corrected chi connectivity index (χ4v) is 4.35. The molecule has 3 heterocycles. The van der Waals surface area contributed by atoms with Crippen molar-refractivity contribution >= 4 is 0 Å². The van der Waals surface area contributed by atoms with Crippen LogP contribution in [0.4, 0.5) is 0 Å². The Balaban J connectivity index is 1.95. The highest BCUT2D eigenvalue weighted by atomic mass is 15.3. The summed E-state index contributed by atoms with van der Waals surface area (Å²) < 4.78 is 0. The van der Waals surface area contributed by atoms with E-state index in [0.29, 0.717) is 0 Å². The SMILES string of the molecule is CC1=CC2CC[C@@H]3[C@@H](C)C[C@H](C)[C@@H](C1)N23. The number of nitrogens with zero attached hydrogens (tertiary/aromatic N) is 1. The first-order valence-electron chi connectivity index (χ1n) is 6.61. The normalized spacial score (nSPS) is 50.1. The van der Waals surface area contributed by atoms with Gasteiger partial charge in [0.25, 0.3) is 0 Å². The van der Waals surface area contributed by atoms with Gasteiger partial charge in [-0.25, -0.2) is 0 Å². The van der Waals surface area contributed by atoms with Gasteiger partial charge in [0.05, 0.1) is 0 Å². The Morgan fingerprint density at radius 1 is 1.13 bits per heavy atom. The molecule has 1 heteroatoms. The Morgan fingerprint density at radius 3 is 2.67 bits per heavy atom. The minimum atomic E-state index is 0.791. The van der Waals surface area contributed by atoms with Crippen molar-refractivity contribution in [3.05, 3.63) is 11.6 Å². The molecule has 1 unspecified atom stereocenters. The fourth-order valence-electron chi connectivity index (χ4n) is 4.35. The molecule has 3 aliphatic rings. The van der Waals surface area contributed by atoms with Crippen molar-refractivity contribution in [3.8, 4) is 0 Å². The Morgan fingerprint density at radius 2 is 1.87 bits per heavy atom. The molecule has 2 saturated heterocycles. The summed E-state index contributed by atoms with van der Waals surface area (Å²) in [5.74, 6) is 1.83. The molecule has 15 heavy (non-hydrogen) atoms. The molecule has 0 radical (unpaired) electrons. The molecule has 0 bridgehead atoms. The summed E-state index contributed by atoms with van der Waals surface area (Å²) in [7, 11) is 0. The van der Waals surface area contributed by atoms with Gasteiger partial charge >= 0.3 is 0 Å². The second-order valence-corrected chi connectivity index (χ2v) is 6.13. The van der Waals surface area contributed by atoms with Gasteiger partial charge in [-0.15, -0.1) is 0 Å². The lowest BCUT2D eigenvalue weighted by Gasteiger charge is -2.49. The van der Waals surface area contributed by atoms with Crippen molar-refractivity contribution in [2.75, 3.05) is 0 Å². The molecule has 5 atom stereocenters. The van der Waals surface area contributed by atoms with Crippen molar-refractivity contribution in [2.45, 2.75) is 64.6 Å². The summed E-state index contributed by atoms with van der Waals surface area (Å²) in [6.45, 7) is 7.26. The van der Waals surface area contributed by atoms with Crippen LogP contribution >= 0.6 is 0 Å². The molecule has 1 nitrogen and oxygen atoms in total. The third-order valence-electron chi connectivity index (χ3n) is 4.97. The zero-order valence-corrected chi connectivity index (χ0v) is 10.2. The van der Waals surface area contributed by atoms with Crippen LogP contribution in [0.15, 0.2) is 11.6 Å². The van der Waals surface area contributed by atoms with E-state index in [9.17, 15) is 0 Å². The van der Waals surface area contributed by atoms with E-state index < -0.39 is 0 Å². The van der Waals surface area contributed by atoms with Crippen molar-refractivity contribution in [2.24, 2.45) is 11.8 Å². The molecule has 84 valence electrons. The largest absolute Gasteiger partial charge is 0.290 e. The lowest BCUT2D eigenvalue weighted by atomic mass is 9.77. The van der Waals surface area contributed by atoms with Gasteiger partial charge in [0.15, 0.2) is 0 Å². The maximum Gasteiger partial charge on any atom is 0.0287 e. The van der Waals surface area contributed by atoms with Gasteiger partial charge in [-0.2, -0.15) is 0 Å². The van der Waals surface area contributed by atoms with E-state index in [1.54, 1.807) is 5.57 Å². The molecular formula is C14H23N. The molecule has 0 aliphatic carbocycles. The standard InChI is InChI=1S/C14H23N/c1-9-6-12-4-5-13-10(2)8-11(3)14(7-9)15(12)13/h6,10-14H,4-5,7-8H2,1-3H3/t10-,11-,12?,13+,14+/m0/s1. The zero-order valence-electron chi connectivity index (χ0n) is 10.2. The van der Waals surface area contributed by atoms with Crippen molar-refractivity contribution < 1.29 is 0 Å². The summed E-state index contributed by atoms with van der Waals surface area (Å²) in [4.78, 5) is 2.87. The highest BCUT2D eigenvalue weighted by molar-refractivity contribution is 5.18. The summed E-state index contributed by atoms with van der Waals surface area (Å²) in [6, 6.07) is 2.56. The maximum absolute atomic E-state index is 2.87. The van der Waals surface area contributed by atoms with Gasteiger partial charge < -0.3 is 0 Å². The Bertz CT molecular complexity index is 294. The van der Waals surface area contributed by atoms with Crippen LogP contribution in [0.1, 0.15) is 46.5 Å². The highest BCUT2D eigenvalue weighted by Gasteiger charge is 2.46. The first kappa shape index (κ1) is 9.89. The van der Waals surface area contributed by atoms with Gasteiger partial charge in [0.2, 0.25) is 0 Å². The van der Waals surface area contributed by atoms with Gasteiger partial charge in [0.1, 0.15) is 0 Å². The lowest BCUT2D eigenvalue weighted by molar-refractivity contribution is 0.0174. The number of hydrogen-bond acceptors (Lipinski definition) is 1. The second-order valence-electron chi connectivity index (χ2n) is 6.13. The monoisotopic (exact) mass is 205 g/mol. The molecule has 0 spiro atoms. The van der Waals surface area contributed by atoms with Crippen LogP contribution in [-0.2, 0) is 0 Å². The van der Waals surface area contributed by atoms with Crippen molar-refractivity contribution in [3.63, 3.8) is 0 Å². The van der Waals surface area contributed by atoms with Crippen LogP contribution in [0, 0.1) is 11.8 Å². The predicted octanol–water partition coefficient (Wildman–Crippen LogP) is 3.21. The molecule has 0 saturated carbocycles. The average molecular weight is 205 g/mol. The second kappa shape index (κ2) is 3.35. The van der Waals surface area contributed by atoms with E-state index in [1.807, 2.05) is 0 Å². The summed E-state index contributed by atoms with van der Waals surface area (Å²) in [5.41, 5.74) is 1.64. The molecule has 0 amide bonds. The van der Waals surface area contributed by atoms with E-state index in [0.717, 1.165) is 30.0 Å². The van der Waals surface area contributed by atoms with Gasteiger partial charge in [-0.3, -0.25) is 4.90 Å². The molecule has 0 aromatic rings. The van der Waals surface area contributed by atoms with Gasteiger partial charge in [-0.1, -0.05) is 25.5 Å². The molecule has 2 fully saturated rings. The van der Waals surface area contributed by atoms with E-state index >= 15 is 0 Å². The fraction of sp³-hybridized carbons (Fsp3) is 0.857. The van der Waals surface area contributed by atoms with E-state index in [2.05, 4.69) is 31.7 Å². The average Bonchev–Trinajstić information content (AvgIpc) is 2.58. The molecule has 3 rings (SSSR count). The molecule has 0 aromatic heterocycles. The lowest BCUT2D eigenvalue weighted by Crippen LogP contribution is -2.54. The maximum atomic E-state index is 2.87. The Labute approximate surface area is 93.5 Å². The summed E-state index contributed by atoms with van der Waals surface area (Å²) in [6.07, 6.45) is 8.18. The smallest absolute Gasteiger partial charge is 0.0287 e. The predicted molar refractivity (Wildman–Crippen MR) is 63.8 cm³/mol. The molecular weight excluding hydrogens is 182 g/mol. The van der Waals surface area contributed by atoms with E-state index in [-0.39, 0.29) is 0 Å². The van der Waals surface area contributed by atoms with Gasteiger partial charge in [0, 0.05) is 18.1 Å². The Kier molecular flexibility index (Phi) is 2.21. The number of piperidine rings is 1. The first-order chi connectivity index (χ1) is 7.16. The van der Waals surface area contributed by atoms with Crippen LogP contribution in [0.2, 0.25) is 0 Å². The molecule has 3 aliphatic heterocycles. The van der Waals surface area contributed by atoms with Crippen LogP contribution in [0.25, 0.3) is 0 Å². The van der Waals surface area contributed by atoms with E-state index in [4.69, 9.17) is 0 Å². The number of hydrogen-bond donors (Lipinski definition) is 0. The molecule has 0 aromatic carbocycles. The van der Waals surface area contributed by atoms with E-state index in [1.165, 1.54) is 25.7 Å². The topological polar surface area (TPSA) is 3.24 Å². The van der Waals surface area contributed by atoms with Crippen LogP contribution in [-0.4, -0.2) is 23.0 Å². The van der Waals surface area contributed by atoms with Gasteiger partial charge in [-0.05, 0) is 44.4 Å². The quantitative estimate of drug-likeness (QED) is 0.549. The van der Waals surface area contributed by atoms with Crippen molar-refractivity contribution in [1.29, 1.82) is 0 Å². The molecule has 0 N–H and O–H groups in total. The van der Waals surface area contributed by atoms with Crippen molar-refractivity contribution in [1.82, 2.24) is 4.90 Å². The minimum Gasteiger partial charge on any atom is -0.290 e. The van der Waals surface area contributed by atoms with Crippen LogP contribution < -0.4 is 0 Å². The van der Waals surface area contributed by atoms with Crippen LogP contribution in [0.5, 0.6) is 0 Å². The first-order valence-corrected chi connectivity index (χ1v) is 6.61. The zero-order chi connectivity index (χ0) is 10.6. The summed E-state index contributed by atoms with van der Waals surface area (Å²) in [5, 5.41) is 0. The minimum absolute atomic E-state index is 0.791. The third-order valence-corrected chi connectivity index (χ3v) is 4.97. The Hall–Kier alpha value is -0.300. The van der Waals surface area contributed by atoms with Crippen LogP contribution in [0.3, 0.4) is 0 Å². The number of rotatable bonds is 0.